The lowest BCUT2D eigenvalue weighted by molar-refractivity contribution is 0.722. The highest BCUT2D eigenvalue weighted by molar-refractivity contribution is 7.11. The smallest absolute Gasteiger partial charge is 0.270 e. The summed E-state index contributed by atoms with van der Waals surface area (Å²) >= 11 is 2.84. The largest absolute Gasteiger partial charge is 0.360 e. The summed E-state index contributed by atoms with van der Waals surface area (Å²) in [5.74, 6) is 0. The summed E-state index contributed by atoms with van der Waals surface area (Å²) in [6, 6.07) is 15.7. The lowest BCUT2D eigenvalue weighted by Gasteiger charge is -1.97. The Kier molecular flexibility index (Phi) is 4.94. The Labute approximate surface area is 147 Å². The second kappa shape index (κ2) is 7.30. The van der Waals surface area contributed by atoms with Crippen LogP contribution in [0.2, 0.25) is 0 Å². The minimum atomic E-state index is -0.0785. The summed E-state index contributed by atoms with van der Waals surface area (Å²) in [6.07, 6.45) is 1.71. The van der Waals surface area contributed by atoms with Gasteiger partial charge in [-0.3, -0.25) is 9.36 Å². The number of hydrogen-bond donors (Lipinski definition) is 1. The predicted octanol–water partition coefficient (Wildman–Crippen LogP) is 2.56. The monoisotopic (exact) mass is 353 g/mol. The molecule has 6 heteroatoms. The van der Waals surface area contributed by atoms with Crippen LogP contribution in [0.25, 0.3) is 11.8 Å². The molecule has 0 aliphatic heterocycles. The third kappa shape index (κ3) is 3.18. The van der Waals surface area contributed by atoms with Gasteiger partial charge in [0.1, 0.15) is 20.8 Å². The fourth-order valence-corrected chi connectivity index (χ4v) is 4.19. The molecule has 0 aliphatic carbocycles. The Morgan fingerprint density at radius 2 is 2.08 bits per heavy atom. The molecule has 24 heavy (non-hydrogen) atoms. The number of nitriles is 1. The van der Waals surface area contributed by atoms with Gasteiger partial charge in [0.25, 0.3) is 5.56 Å². The van der Waals surface area contributed by atoms with Gasteiger partial charge in [0, 0.05) is 23.3 Å². The van der Waals surface area contributed by atoms with E-state index in [0.717, 1.165) is 10.6 Å². The van der Waals surface area contributed by atoms with Crippen LogP contribution in [0.4, 0.5) is 5.69 Å². The van der Waals surface area contributed by atoms with Crippen molar-refractivity contribution in [2.45, 2.75) is 13.5 Å². The Bertz CT molecular complexity index is 1040. The van der Waals surface area contributed by atoms with Crippen molar-refractivity contribution in [3.8, 4) is 6.07 Å². The first-order valence-electron chi connectivity index (χ1n) is 7.44. The van der Waals surface area contributed by atoms with Gasteiger partial charge in [-0.1, -0.05) is 24.3 Å². The Balaban J connectivity index is 2.17. The standard InChI is InChI=1S/C18H15N3OS2/c1-2-21-17(22)16(12-20-13-7-4-3-5-8-13)24-18(21)14(11-19)15-9-6-10-23-15/h3-10,12,20H,2H2,1H3. The molecule has 0 aliphatic rings. The van der Waals surface area contributed by atoms with E-state index < -0.39 is 0 Å². The third-order valence-corrected chi connectivity index (χ3v) is 5.48. The fraction of sp³-hybridized carbons (Fsp3) is 0.111. The van der Waals surface area contributed by atoms with Crippen LogP contribution in [-0.2, 0) is 6.54 Å². The maximum atomic E-state index is 12.6. The molecule has 0 amide bonds. The molecule has 4 nitrogen and oxygen atoms in total. The van der Waals surface area contributed by atoms with Crippen molar-refractivity contribution in [1.82, 2.24) is 4.57 Å². The highest BCUT2D eigenvalue weighted by Gasteiger charge is 2.10. The van der Waals surface area contributed by atoms with Crippen molar-refractivity contribution in [3.05, 3.63) is 72.3 Å². The molecule has 1 N–H and O–H groups in total. The molecule has 0 radical (unpaired) electrons. The number of nitrogens with one attached hydrogen (secondary N) is 1. The normalized spacial score (nSPS) is 12.8. The average molecular weight is 353 g/mol. The third-order valence-electron chi connectivity index (χ3n) is 3.46. The van der Waals surface area contributed by atoms with Crippen LogP contribution in [0, 0.1) is 11.3 Å². The average Bonchev–Trinajstić information content (AvgIpc) is 3.24. The van der Waals surface area contributed by atoms with E-state index in [1.54, 1.807) is 10.8 Å². The van der Waals surface area contributed by atoms with E-state index in [1.165, 1.54) is 22.7 Å². The van der Waals surface area contributed by atoms with Gasteiger partial charge in [-0.2, -0.15) is 5.26 Å². The second-order valence-corrected chi connectivity index (χ2v) is 6.92. The van der Waals surface area contributed by atoms with E-state index in [0.29, 0.717) is 21.3 Å². The number of hydrogen-bond acceptors (Lipinski definition) is 5. The molecule has 0 fully saturated rings. The van der Waals surface area contributed by atoms with Crippen LogP contribution in [-0.4, -0.2) is 4.57 Å². The van der Waals surface area contributed by atoms with Crippen molar-refractivity contribution in [3.63, 3.8) is 0 Å². The van der Waals surface area contributed by atoms with E-state index in [1.807, 2.05) is 54.8 Å². The molecule has 3 rings (SSSR count). The molecule has 1 aromatic carbocycles. The van der Waals surface area contributed by atoms with Crippen LogP contribution in [0.15, 0.2) is 52.6 Å². The van der Waals surface area contributed by atoms with Crippen LogP contribution < -0.4 is 20.1 Å². The van der Waals surface area contributed by atoms with Gasteiger partial charge in [0.15, 0.2) is 0 Å². The molecule has 0 spiro atoms. The molecule has 3 aromatic rings. The van der Waals surface area contributed by atoms with Gasteiger partial charge < -0.3 is 5.32 Å². The topological polar surface area (TPSA) is 57.8 Å². The van der Waals surface area contributed by atoms with Crippen LogP contribution >= 0.6 is 22.7 Å². The molecule has 0 saturated heterocycles. The van der Waals surface area contributed by atoms with Gasteiger partial charge in [0.2, 0.25) is 0 Å². The van der Waals surface area contributed by atoms with Crippen molar-refractivity contribution >= 4 is 40.1 Å². The predicted molar refractivity (Wildman–Crippen MR) is 100 cm³/mol. The van der Waals surface area contributed by atoms with Crippen molar-refractivity contribution in [1.29, 1.82) is 5.26 Å². The SMILES string of the molecule is CCn1c(=C(C#N)c2cccs2)sc(=CNc2ccccc2)c1=O. The maximum absolute atomic E-state index is 12.6. The van der Waals surface area contributed by atoms with Crippen molar-refractivity contribution in [2.24, 2.45) is 0 Å². The van der Waals surface area contributed by atoms with Crippen LogP contribution in [0.1, 0.15) is 11.8 Å². The zero-order valence-electron chi connectivity index (χ0n) is 13.0. The van der Waals surface area contributed by atoms with Crippen LogP contribution in [0.3, 0.4) is 0 Å². The van der Waals surface area contributed by atoms with Gasteiger partial charge in [0.05, 0.1) is 0 Å². The first kappa shape index (κ1) is 16.2. The summed E-state index contributed by atoms with van der Waals surface area (Å²) in [7, 11) is 0. The number of thiazole rings is 1. The zero-order chi connectivity index (χ0) is 16.9. The Morgan fingerprint density at radius 3 is 2.71 bits per heavy atom. The molecule has 2 heterocycles. The fourth-order valence-electron chi connectivity index (χ4n) is 2.30. The van der Waals surface area contributed by atoms with Gasteiger partial charge in [-0.05, 0) is 30.5 Å². The number of rotatable bonds is 4. The first-order chi connectivity index (χ1) is 11.7. The van der Waals surface area contributed by atoms with E-state index in [4.69, 9.17) is 0 Å². The van der Waals surface area contributed by atoms with Crippen molar-refractivity contribution < 1.29 is 0 Å². The van der Waals surface area contributed by atoms with E-state index in [2.05, 4.69) is 11.4 Å². The van der Waals surface area contributed by atoms with E-state index in [9.17, 15) is 10.1 Å². The molecule has 0 atom stereocenters. The van der Waals surface area contributed by atoms with Gasteiger partial charge in [-0.25, -0.2) is 0 Å². The molecule has 0 bridgehead atoms. The number of para-hydroxylation sites is 1. The molecule has 120 valence electrons. The molecule has 0 unspecified atom stereocenters. The Hall–Kier alpha value is -2.62. The maximum Gasteiger partial charge on any atom is 0.270 e. The summed E-state index contributed by atoms with van der Waals surface area (Å²) in [5.41, 5.74) is 1.39. The highest BCUT2D eigenvalue weighted by atomic mass is 32.1. The first-order valence-corrected chi connectivity index (χ1v) is 9.14. The minimum absolute atomic E-state index is 0.0785. The summed E-state index contributed by atoms with van der Waals surface area (Å²) in [5, 5.41) is 14.6. The zero-order valence-corrected chi connectivity index (χ0v) is 14.7. The second-order valence-electron chi connectivity index (χ2n) is 4.94. The lowest BCUT2D eigenvalue weighted by atomic mass is 10.3. The summed E-state index contributed by atoms with van der Waals surface area (Å²) in [6.45, 7) is 2.44. The van der Waals surface area contributed by atoms with E-state index >= 15 is 0 Å². The van der Waals surface area contributed by atoms with E-state index in [-0.39, 0.29) is 5.56 Å². The van der Waals surface area contributed by atoms with Gasteiger partial charge in [-0.15, -0.1) is 22.7 Å². The Morgan fingerprint density at radius 1 is 1.29 bits per heavy atom. The quantitative estimate of drug-likeness (QED) is 0.784. The molecular formula is C18H15N3OS2. The molecule has 0 saturated carbocycles. The minimum Gasteiger partial charge on any atom is -0.360 e. The van der Waals surface area contributed by atoms with Crippen molar-refractivity contribution in [2.75, 3.05) is 5.32 Å². The highest BCUT2D eigenvalue weighted by Crippen LogP contribution is 2.16. The van der Waals surface area contributed by atoms with Crippen LogP contribution in [0.5, 0.6) is 0 Å². The summed E-state index contributed by atoms with van der Waals surface area (Å²) in [4.78, 5) is 13.5. The number of aromatic nitrogens is 1. The number of anilines is 1. The molecular weight excluding hydrogens is 338 g/mol. The number of thiophene rings is 1. The number of nitrogens with zero attached hydrogens (tertiary/aromatic N) is 2. The number of benzene rings is 1. The molecule has 2 aromatic heterocycles. The van der Waals surface area contributed by atoms with Gasteiger partial charge >= 0.3 is 0 Å². The summed E-state index contributed by atoms with van der Waals surface area (Å²) < 4.78 is 2.94. The lowest BCUT2D eigenvalue weighted by Crippen LogP contribution is -2.31.